The van der Waals surface area contributed by atoms with Gasteiger partial charge in [-0.15, -0.1) is 0 Å². The van der Waals surface area contributed by atoms with Crippen LogP contribution in [0.3, 0.4) is 0 Å². The van der Waals surface area contributed by atoms with Crippen LogP contribution in [0, 0.1) is 0 Å². The van der Waals surface area contributed by atoms with Crippen molar-refractivity contribution < 1.29 is 4.74 Å². The van der Waals surface area contributed by atoms with Crippen LogP contribution in [0.15, 0.2) is 24.3 Å². The first-order chi connectivity index (χ1) is 6.18. The third-order valence-corrected chi connectivity index (χ3v) is 1.81. The summed E-state index contributed by atoms with van der Waals surface area (Å²) >= 11 is 5.74. The molecule has 0 saturated heterocycles. The van der Waals surface area contributed by atoms with E-state index in [0.717, 1.165) is 10.6 Å². The molecular formula is C10H14ClNO. The number of hydrogen-bond acceptors (Lipinski definition) is 2. The smallest absolute Gasteiger partial charge is 0.0717 e. The highest BCUT2D eigenvalue weighted by atomic mass is 35.5. The van der Waals surface area contributed by atoms with E-state index >= 15 is 0 Å². The lowest BCUT2D eigenvalue weighted by Gasteiger charge is -2.06. The maximum absolute atomic E-state index is 5.74. The lowest BCUT2D eigenvalue weighted by atomic mass is 10.2. The van der Waals surface area contributed by atoms with Gasteiger partial charge in [0.2, 0.25) is 0 Å². The van der Waals surface area contributed by atoms with Crippen LogP contribution in [-0.2, 0) is 11.3 Å². The van der Waals surface area contributed by atoms with Crippen molar-refractivity contribution in [3.8, 4) is 0 Å². The third kappa shape index (κ3) is 4.27. The van der Waals surface area contributed by atoms with Crippen LogP contribution in [0.5, 0.6) is 0 Å². The second-order valence-electron chi connectivity index (χ2n) is 3.12. The van der Waals surface area contributed by atoms with Crippen LogP contribution < -0.4 is 5.73 Å². The van der Waals surface area contributed by atoms with Gasteiger partial charge in [-0.25, -0.2) is 0 Å². The van der Waals surface area contributed by atoms with E-state index < -0.39 is 0 Å². The Kier molecular flexibility index (Phi) is 4.22. The van der Waals surface area contributed by atoms with Crippen LogP contribution >= 0.6 is 11.6 Å². The van der Waals surface area contributed by atoms with Gasteiger partial charge >= 0.3 is 0 Å². The molecule has 0 aliphatic carbocycles. The number of ether oxygens (including phenoxy) is 1. The van der Waals surface area contributed by atoms with Gasteiger partial charge < -0.3 is 10.5 Å². The van der Waals surface area contributed by atoms with Gasteiger partial charge in [-0.05, 0) is 24.6 Å². The molecule has 0 aliphatic heterocycles. The zero-order chi connectivity index (χ0) is 9.68. The highest BCUT2D eigenvalue weighted by Crippen LogP contribution is 2.10. The summed E-state index contributed by atoms with van der Waals surface area (Å²) in [7, 11) is 0. The van der Waals surface area contributed by atoms with Crippen LogP contribution in [0.2, 0.25) is 5.02 Å². The molecule has 1 rings (SSSR count). The van der Waals surface area contributed by atoms with E-state index in [1.165, 1.54) is 0 Å². The number of benzene rings is 1. The standard InChI is InChI=1S/C10H14ClNO/c1-8(12)6-13-7-9-2-4-10(11)5-3-9/h2-5,8H,6-7,12H2,1H3/t8-/m1/s1. The largest absolute Gasteiger partial charge is 0.375 e. The molecule has 1 atom stereocenters. The molecule has 0 heterocycles. The van der Waals surface area contributed by atoms with Crippen molar-refractivity contribution in [2.75, 3.05) is 6.61 Å². The molecule has 0 aromatic heterocycles. The highest BCUT2D eigenvalue weighted by molar-refractivity contribution is 6.30. The normalized spacial score (nSPS) is 12.8. The summed E-state index contributed by atoms with van der Waals surface area (Å²) in [6.07, 6.45) is 0. The maximum atomic E-state index is 5.74. The van der Waals surface area contributed by atoms with Gasteiger partial charge in [0.1, 0.15) is 0 Å². The fourth-order valence-electron chi connectivity index (χ4n) is 0.943. The Morgan fingerprint density at radius 1 is 1.38 bits per heavy atom. The fraction of sp³-hybridized carbons (Fsp3) is 0.400. The Hall–Kier alpha value is -0.570. The summed E-state index contributed by atoms with van der Waals surface area (Å²) < 4.78 is 5.35. The number of nitrogens with two attached hydrogens (primary N) is 1. The molecule has 0 radical (unpaired) electrons. The molecule has 0 amide bonds. The van der Waals surface area contributed by atoms with Gasteiger partial charge in [-0.3, -0.25) is 0 Å². The van der Waals surface area contributed by atoms with Crippen molar-refractivity contribution in [3.63, 3.8) is 0 Å². The third-order valence-electron chi connectivity index (χ3n) is 1.56. The molecule has 3 heteroatoms. The maximum Gasteiger partial charge on any atom is 0.0717 e. The first-order valence-corrected chi connectivity index (χ1v) is 4.64. The van der Waals surface area contributed by atoms with Gasteiger partial charge in [-0.2, -0.15) is 0 Å². The number of halogens is 1. The molecule has 0 unspecified atom stereocenters. The Bertz CT molecular complexity index is 246. The second kappa shape index (κ2) is 5.22. The predicted octanol–water partition coefficient (Wildman–Crippen LogP) is 2.20. The molecule has 0 bridgehead atoms. The topological polar surface area (TPSA) is 35.2 Å². The Balaban J connectivity index is 2.33. The van der Waals surface area contributed by atoms with Crippen molar-refractivity contribution in [2.45, 2.75) is 19.6 Å². The van der Waals surface area contributed by atoms with Gasteiger partial charge in [0.15, 0.2) is 0 Å². The summed E-state index contributed by atoms with van der Waals surface area (Å²) in [4.78, 5) is 0. The first kappa shape index (κ1) is 10.5. The quantitative estimate of drug-likeness (QED) is 0.807. The molecule has 13 heavy (non-hydrogen) atoms. The Morgan fingerprint density at radius 3 is 2.54 bits per heavy atom. The minimum Gasteiger partial charge on any atom is -0.375 e. The zero-order valence-corrected chi connectivity index (χ0v) is 8.42. The highest BCUT2D eigenvalue weighted by Gasteiger charge is 1.95. The summed E-state index contributed by atoms with van der Waals surface area (Å²) in [5.41, 5.74) is 6.65. The van der Waals surface area contributed by atoms with E-state index in [0.29, 0.717) is 13.2 Å². The molecule has 72 valence electrons. The van der Waals surface area contributed by atoms with E-state index in [9.17, 15) is 0 Å². The van der Waals surface area contributed by atoms with Crippen LogP contribution in [0.4, 0.5) is 0 Å². The SMILES string of the molecule is C[C@@H](N)COCc1ccc(Cl)cc1. The molecule has 2 N–H and O–H groups in total. The summed E-state index contributed by atoms with van der Waals surface area (Å²) in [5, 5.41) is 0.746. The summed E-state index contributed by atoms with van der Waals surface area (Å²) in [6.45, 7) is 3.10. The molecule has 1 aromatic carbocycles. The minimum absolute atomic E-state index is 0.0901. The molecule has 0 aliphatic rings. The van der Waals surface area contributed by atoms with Gasteiger partial charge in [0, 0.05) is 11.1 Å². The van der Waals surface area contributed by atoms with Crippen LogP contribution in [0.1, 0.15) is 12.5 Å². The van der Waals surface area contributed by atoms with E-state index in [4.69, 9.17) is 22.1 Å². The molecule has 0 fully saturated rings. The summed E-state index contributed by atoms with van der Waals surface area (Å²) in [6, 6.07) is 7.69. The van der Waals surface area contributed by atoms with Gasteiger partial charge in [0.05, 0.1) is 13.2 Å². The van der Waals surface area contributed by atoms with Gasteiger partial charge in [-0.1, -0.05) is 23.7 Å². The van der Waals surface area contributed by atoms with E-state index in [1.54, 1.807) is 0 Å². The number of hydrogen-bond donors (Lipinski definition) is 1. The van der Waals surface area contributed by atoms with Crippen molar-refractivity contribution in [2.24, 2.45) is 5.73 Å². The predicted molar refractivity (Wildman–Crippen MR) is 54.8 cm³/mol. The Morgan fingerprint density at radius 2 is 2.00 bits per heavy atom. The Labute approximate surface area is 83.6 Å². The molecular weight excluding hydrogens is 186 g/mol. The van der Waals surface area contributed by atoms with E-state index in [2.05, 4.69) is 0 Å². The van der Waals surface area contributed by atoms with Crippen LogP contribution in [-0.4, -0.2) is 12.6 Å². The monoisotopic (exact) mass is 199 g/mol. The van der Waals surface area contributed by atoms with E-state index in [-0.39, 0.29) is 6.04 Å². The van der Waals surface area contributed by atoms with Crippen molar-refractivity contribution >= 4 is 11.6 Å². The lowest BCUT2D eigenvalue weighted by molar-refractivity contribution is 0.111. The minimum atomic E-state index is 0.0901. The van der Waals surface area contributed by atoms with Gasteiger partial charge in [0.25, 0.3) is 0 Å². The zero-order valence-electron chi connectivity index (χ0n) is 7.66. The first-order valence-electron chi connectivity index (χ1n) is 4.26. The average Bonchev–Trinajstić information content (AvgIpc) is 2.08. The molecule has 2 nitrogen and oxygen atoms in total. The van der Waals surface area contributed by atoms with E-state index in [1.807, 2.05) is 31.2 Å². The second-order valence-corrected chi connectivity index (χ2v) is 3.56. The fourth-order valence-corrected chi connectivity index (χ4v) is 1.07. The molecule has 0 saturated carbocycles. The lowest BCUT2D eigenvalue weighted by Crippen LogP contribution is -2.21. The molecule has 1 aromatic rings. The molecule has 0 spiro atoms. The van der Waals surface area contributed by atoms with Crippen LogP contribution in [0.25, 0.3) is 0 Å². The number of rotatable bonds is 4. The average molecular weight is 200 g/mol. The van der Waals surface area contributed by atoms with Crippen molar-refractivity contribution in [3.05, 3.63) is 34.9 Å². The van der Waals surface area contributed by atoms with Crippen molar-refractivity contribution in [1.29, 1.82) is 0 Å². The van der Waals surface area contributed by atoms with Crippen molar-refractivity contribution in [1.82, 2.24) is 0 Å². The summed E-state index contributed by atoms with van der Waals surface area (Å²) in [5.74, 6) is 0.